The Bertz CT molecular complexity index is 684. The third-order valence-electron chi connectivity index (χ3n) is 2.94. The molecular formula is C15H16N2. The average molecular weight is 224 g/mol. The molecule has 0 heterocycles. The maximum absolute atomic E-state index is 6.17. The number of hydrogen-bond donors (Lipinski definition) is 2. The number of benzene rings is 2. The zero-order valence-electron chi connectivity index (χ0n) is 9.96. The molecule has 0 amide bonds. The first-order valence-corrected chi connectivity index (χ1v) is 5.50. The average Bonchev–Trinajstić information content (AvgIpc) is 2.35. The van der Waals surface area contributed by atoms with Gasteiger partial charge in [-0.15, -0.1) is 0 Å². The lowest BCUT2D eigenvalue weighted by Gasteiger charge is -2.11. The largest absolute Gasteiger partial charge is 0.397 e. The van der Waals surface area contributed by atoms with Gasteiger partial charge in [0.25, 0.3) is 0 Å². The van der Waals surface area contributed by atoms with Crippen molar-refractivity contribution in [2.75, 3.05) is 18.1 Å². The third kappa shape index (κ3) is 1.68. The molecule has 86 valence electrons. The number of fused-ring (bicyclic) bond motifs is 1. The van der Waals surface area contributed by atoms with Gasteiger partial charge in [-0.1, -0.05) is 49.6 Å². The Morgan fingerprint density at radius 1 is 1.24 bits per heavy atom. The van der Waals surface area contributed by atoms with Crippen molar-refractivity contribution >= 4 is 34.8 Å². The summed E-state index contributed by atoms with van der Waals surface area (Å²) in [4.78, 5) is 0. The van der Waals surface area contributed by atoms with Crippen LogP contribution in [0.4, 0.5) is 11.4 Å². The lowest BCUT2D eigenvalue weighted by molar-refractivity contribution is 1.50. The number of nitrogen functional groups attached to an aromatic ring is 1. The van der Waals surface area contributed by atoms with Gasteiger partial charge in [-0.2, -0.15) is 0 Å². The van der Waals surface area contributed by atoms with Crippen molar-refractivity contribution in [2.45, 2.75) is 0 Å². The summed E-state index contributed by atoms with van der Waals surface area (Å²) in [6, 6.07) is 8.10. The monoisotopic (exact) mass is 224 g/mol. The molecule has 0 aliphatic rings. The predicted molar refractivity (Wildman–Crippen MR) is 77.3 cm³/mol. The van der Waals surface area contributed by atoms with Crippen LogP contribution in [-0.2, 0) is 0 Å². The second-order valence-electron chi connectivity index (χ2n) is 3.88. The van der Waals surface area contributed by atoms with Crippen LogP contribution in [0.3, 0.4) is 0 Å². The highest BCUT2D eigenvalue weighted by Crippen LogP contribution is 2.23. The molecule has 0 atom stereocenters. The van der Waals surface area contributed by atoms with Crippen LogP contribution >= 0.6 is 0 Å². The minimum atomic E-state index is 0.719. The van der Waals surface area contributed by atoms with Gasteiger partial charge in [0.2, 0.25) is 0 Å². The molecule has 2 aromatic rings. The highest BCUT2D eigenvalue weighted by Gasteiger charge is 2.06. The van der Waals surface area contributed by atoms with Gasteiger partial charge in [0, 0.05) is 17.7 Å². The Labute approximate surface area is 101 Å². The second-order valence-corrected chi connectivity index (χ2v) is 3.88. The molecule has 0 fully saturated rings. The topological polar surface area (TPSA) is 38.0 Å². The van der Waals surface area contributed by atoms with E-state index in [1.165, 1.54) is 0 Å². The minimum Gasteiger partial charge on any atom is -0.397 e. The van der Waals surface area contributed by atoms with Gasteiger partial charge in [-0.25, -0.2) is 0 Å². The molecule has 2 rings (SSSR count). The zero-order valence-corrected chi connectivity index (χ0v) is 9.96. The number of rotatable bonds is 2. The molecule has 2 heteroatoms. The molecule has 0 saturated carbocycles. The highest BCUT2D eigenvalue weighted by molar-refractivity contribution is 6.00. The van der Waals surface area contributed by atoms with Crippen LogP contribution in [0.2, 0.25) is 0 Å². The van der Waals surface area contributed by atoms with Crippen molar-refractivity contribution in [3.8, 4) is 0 Å². The fourth-order valence-electron chi connectivity index (χ4n) is 2.13. The predicted octanol–water partition coefficient (Wildman–Crippen LogP) is 1.84. The van der Waals surface area contributed by atoms with Crippen molar-refractivity contribution < 1.29 is 0 Å². The van der Waals surface area contributed by atoms with Crippen LogP contribution in [0.15, 0.2) is 36.9 Å². The summed E-state index contributed by atoms with van der Waals surface area (Å²) in [5, 5.41) is 7.24. The zero-order chi connectivity index (χ0) is 12.4. The molecule has 0 aliphatic heterocycles. The van der Waals surface area contributed by atoms with Crippen molar-refractivity contribution in [1.82, 2.24) is 0 Å². The second kappa shape index (κ2) is 4.34. The smallest absolute Gasteiger partial charge is 0.0657 e. The summed E-state index contributed by atoms with van der Waals surface area (Å²) in [6.07, 6.45) is 3.62. The van der Waals surface area contributed by atoms with Gasteiger partial charge in [0.15, 0.2) is 0 Å². The lowest BCUT2D eigenvalue weighted by Crippen LogP contribution is -2.28. The summed E-state index contributed by atoms with van der Waals surface area (Å²) < 4.78 is 0. The quantitative estimate of drug-likeness (QED) is 0.764. The van der Waals surface area contributed by atoms with Crippen molar-refractivity contribution in [3.63, 3.8) is 0 Å². The standard InChI is InChI=1S/C15H16N2/c1-4-7-12-10(2)11-8-5-6-9-13(11)15(17-3)14(12)16/h4-9,17H,1-2,16H2,3H3/b12-7+. The summed E-state index contributed by atoms with van der Waals surface area (Å²) in [7, 11) is 1.87. The SMILES string of the molecule is C=C/C=c1/c(N)c(NC)c2ccccc2c1=C. The van der Waals surface area contributed by atoms with E-state index < -0.39 is 0 Å². The first-order valence-electron chi connectivity index (χ1n) is 5.50. The van der Waals surface area contributed by atoms with E-state index >= 15 is 0 Å². The Balaban J connectivity index is 3.11. The maximum Gasteiger partial charge on any atom is 0.0657 e. The summed E-state index contributed by atoms with van der Waals surface area (Å²) in [6.45, 7) is 7.83. The van der Waals surface area contributed by atoms with Crippen LogP contribution in [0.5, 0.6) is 0 Å². The van der Waals surface area contributed by atoms with Gasteiger partial charge >= 0.3 is 0 Å². The number of anilines is 2. The molecule has 0 aliphatic carbocycles. The van der Waals surface area contributed by atoms with Crippen molar-refractivity contribution in [3.05, 3.63) is 47.4 Å². The molecule has 0 spiro atoms. The van der Waals surface area contributed by atoms with Crippen LogP contribution in [-0.4, -0.2) is 7.05 Å². The molecule has 3 N–H and O–H groups in total. The van der Waals surface area contributed by atoms with Crippen LogP contribution < -0.4 is 21.5 Å². The van der Waals surface area contributed by atoms with E-state index in [9.17, 15) is 0 Å². The van der Waals surface area contributed by atoms with Gasteiger partial charge in [-0.3, -0.25) is 0 Å². The molecule has 2 nitrogen and oxygen atoms in total. The Hall–Kier alpha value is -2.22. The van der Waals surface area contributed by atoms with Crippen LogP contribution in [0.25, 0.3) is 23.4 Å². The van der Waals surface area contributed by atoms with Gasteiger partial charge < -0.3 is 11.1 Å². The molecule has 0 saturated heterocycles. The molecule has 17 heavy (non-hydrogen) atoms. The summed E-state index contributed by atoms with van der Waals surface area (Å²) >= 11 is 0. The van der Waals surface area contributed by atoms with Gasteiger partial charge in [0.05, 0.1) is 11.4 Å². The van der Waals surface area contributed by atoms with E-state index in [1.54, 1.807) is 6.08 Å². The molecule has 0 aromatic heterocycles. The van der Waals surface area contributed by atoms with E-state index in [-0.39, 0.29) is 0 Å². The summed E-state index contributed by atoms with van der Waals surface area (Å²) in [5.41, 5.74) is 7.83. The fraction of sp³-hybridized carbons (Fsp3) is 0.0667. The summed E-state index contributed by atoms with van der Waals surface area (Å²) in [5.74, 6) is 0. The molecule has 0 unspecified atom stereocenters. The Morgan fingerprint density at radius 2 is 1.88 bits per heavy atom. The maximum atomic E-state index is 6.17. The van der Waals surface area contributed by atoms with Gasteiger partial charge in [-0.05, 0) is 10.6 Å². The van der Waals surface area contributed by atoms with E-state index in [0.29, 0.717) is 0 Å². The lowest BCUT2D eigenvalue weighted by atomic mass is 10.0. The third-order valence-corrected chi connectivity index (χ3v) is 2.94. The van der Waals surface area contributed by atoms with Crippen molar-refractivity contribution in [1.29, 1.82) is 0 Å². The number of allylic oxidation sites excluding steroid dienone is 1. The fourth-order valence-corrected chi connectivity index (χ4v) is 2.13. The molecule has 2 aromatic carbocycles. The van der Waals surface area contributed by atoms with Crippen LogP contribution in [0, 0.1) is 0 Å². The highest BCUT2D eigenvalue weighted by atomic mass is 14.9. The molecule has 0 bridgehead atoms. The Kier molecular flexibility index (Phi) is 2.88. The first kappa shape index (κ1) is 11.3. The number of nitrogens with one attached hydrogen (secondary N) is 1. The minimum absolute atomic E-state index is 0.719. The Morgan fingerprint density at radius 3 is 2.47 bits per heavy atom. The van der Waals surface area contributed by atoms with E-state index in [0.717, 1.165) is 32.6 Å². The first-order chi connectivity index (χ1) is 8.20. The number of hydrogen-bond acceptors (Lipinski definition) is 2. The van der Waals surface area contributed by atoms with E-state index in [2.05, 4.69) is 24.5 Å². The van der Waals surface area contributed by atoms with E-state index in [1.807, 2.05) is 31.3 Å². The number of nitrogens with two attached hydrogens (primary N) is 1. The normalized spacial score (nSPS) is 11.7. The molecule has 0 radical (unpaired) electrons. The molecular weight excluding hydrogens is 208 g/mol. The van der Waals surface area contributed by atoms with Crippen molar-refractivity contribution in [2.24, 2.45) is 0 Å². The van der Waals surface area contributed by atoms with E-state index in [4.69, 9.17) is 5.73 Å². The van der Waals surface area contributed by atoms with Crippen LogP contribution in [0.1, 0.15) is 0 Å². The van der Waals surface area contributed by atoms with Gasteiger partial charge in [0.1, 0.15) is 0 Å².